The molecule has 0 saturated carbocycles. The Bertz CT molecular complexity index is 4450. The molecule has 8 N–H and O–H groups in total. The molecule has 0 aliphatic rings. The molecule has 0 aliphatic heterocycles. The third-order valence-corrected chi connectivity index (χ3v) is 16.8. The van der Waals surface area contributed by atoms with E-state index in [1.807, 2.05) is 48.1 Å². The Morgan fingerprint density at radius 2 is 0.905 bits per heavy atom. The van der Waals surface area contributed by atoms with Crippen molar-refractivity contribution in [2.45, 2.75) is 60.2 Å². The number of benzene rings is 6. The first-order valence-electron chi connectivity index (χ1n) is 28.2. The highest BCUT2D eigenvalue weighted by Crippen LogP contribution is 2.42. The molecular formula is C62H58Br6N12O15. The molecule has 498 valence electrons. The maximum atomic E-state index is 12.2. The summed E-state index contributed by atoms with van der Waals surface area (Å²) in [5.41, 5.74) is 5.48. The zero-order valence-electron chi connectivity index (χ0n) is 51.2. The second kappa shape index (κ2) is 33.1. The normalized spacial score (nSPS) is 10.7. The molecule has 9 rings (SSSR count). The van der Waals surface area contributed by atoms with Gasteiger partial charge in [0.2, 0.25) is 23.7 Å². The first kappa shape index (κ1) is 73.6. The van der Waals surface area contributed by atoms with E-state index in [-0.39, 0.29) is 35.3 Å². The fourth-order valence-corrected chi connectivity index (χ4v) is 13.1. The zero-order chi connectivity index (χ0) is 69.7. The number of fused-ring (bicyclic) bond motifs is 3. The fourth-order valence-electron chi connectivity index (χ4n) is 9.03. The van der Waals surface area contributed by atoms with Crippen molar-refractivity contribution < 1.29 is 72.7 Å². The maximum absolute atomic E-state index is 12.2. The molecule has 0 bridgehead atoms. The van der Waals surface area contributed by atoms with Crippen LogP contribution in [0.1, 0.15) is 71.3 Å². The molecule has 0 saturated heterocycles. The number of ether oxygens (including phenoxy) is 3. The van der Waals surface area contributed by atoms with Crippen LogP contribution in [0.15, 0.2) is 118 Å². The largest absolute Gasteiger partial charge is 0.481 e. The Kier molecular flexibility index (Phi) is 25.6. The van der Waals surface area contributed by atoms with Crippen molar-refractivity contribution >= 4 is 194 Å². The molecule has 0 unspecified atom stereocenters. The summed E-state index contributed by atoms with van der Waals surface area (Å²) in [6.07, 6.45) is -0.418. The van der Waals surface area contributed by atoms with Crippen LogP contribution in [0.3, 0.4) is 0 Å². The lowest BCUT2D eigenvalue weighted by Gasteiger charge is -2.13. The van der Waals surface area contributed by atoms with Crippen molar-refractivity contribution in [3.05, 3.63) is 141 Å². The first-order valence-corrected chi connectivity index (χ1v) is 33.0. The Labute approximate surface area is 591 Å². The van der Waals surface area contributed by atoms with Crippen molar-refractivity contribution in [2.24, 2.45) is 0 Å². The van der Waals surface area contributed by atoms with E-state index in [1.54, 1.807) is 86.4 Å². The summed E-state index contributed by atoms with van der Waals surface area (Å²) < 4.78 is 26.9. The van der Waals surface area contributed by atoms with Gasteiger partial charge in [-0.3, -0.25) is 48.5 Å². The number of hydrogen-bond acceptors (Lipinski definition) is 15. The number of rotatable bonds is 22. The van der Waals surface area contributed by atoms with Crippen LogP contribution in [0.4, 0.5) is 11.6 Å². The first-order chi connectivity index (χ1) is 45.0. The van der Waals surface area contributed by atoms with Crippen LogP contribution >= 0.6 is 95.6 Å². The number of carbonyl (C=O) groups excluding carboxylic acids is 6. The maximum Gasteiger partial charge on any atom is 0.322 e. The molecule has 0 fully saturated rings. The molecule has 6 aromatic carbocycles. The minimum atomic E-state index is -1.21. The number of carboxylic acids is 3. The second-order valence-corrected chi connectivity index (χ2v) is 25.3. The van der Waals surface area contributed by atoms with Crippen molar-refractivity contribution in [1.82, 2.24) is 49.5 Å². The molecular weight excluding hydrogens is 1630 g/mol. The molecule has 27 nitrogen and oxygen atoms in total. The Morgan fingerprint density at radius 1 is 0.505 bits per heavy atom. The second-order valence-electron chi connectivity index (χ2n) is 20.2. The predicted octanol–water partition coefficient (Wildman–Crippen LogP) is 12.1. The number of nitrogens with zero attached hydrogens (tertiary/aromatic N) is 7. The summed E-state index contributed by atoms with van der Waals surface area (Å²) in [6.45, 7) is 8.13. The van der Waals surface area contributed by atoms with Crippen LogP contribution in [0.2, 0.25) is 0 Å². The van der Waals surface area contributed by atoms with E-state index in [9.17, 15) is 43.2 Å². The van der Waals surface area contributed by atoms with E-state index in [2.05, 4.69) is 137 Å². The Morgan fingerprint density at radius 3 is 1.29 bits per heavy atom. The van der Waals surface area contributed by atoms with E-state index < -0.39 is 55.1 Å². The summed E-state index contributed by atoms with van der Waals surface area (Å²) in [4.78, 5) is 119. The number of anilines is 2. The minimum Gasteiger partial charge on any atom is -0.481 e. The molecule has 3 heterocycles. The summed E-state index contributed by atoms with van der Waals surface area (Å²) in [7, 11) is 4.98. The molecule has 3 aromatic heterocycles. The highest BCUT2D eigenvalue weighted by Gasteiger charge is 2.22. The van der Waals surface area contributed by atoms with Crippen molar-refractivity contribution in [3.8, 4) is 34.5 Å². The summed E-state index contributed by atoms with van der Waals surface area (Å²) in [5, 5.41) is 38.6. The number of imidazole rings is 3. The molecule has 0 aliphatic carbocycles. The third-order valence-electron chi connectivity index (χ3n) is 13.3. The van der Waals surface area contributed by atoms with Gasteiger partial charge in [-0.2, -0.15) is 0 Å². The lowest BCUT2D eigenvalue weighted by molar-refractivity contribution is -0.140. The van der Waals surface area contributed by atoms with Gasteiger partial charge in [0.05, 0.1) is 66.4 Å². The molecule has 0 spiro atoms. The average Bonchev–Trinajstić information content (AvgIpc) is 1.71. The number of carbonyl (C=O) groups is 9. The fraction of sp³-hybridized carbons (Fsp3) is 0.226. The van der Waals surface area contributed by atoms with Gasteiger partial charge in [-0.15, -0.1) is 0 Å². The van der Waals surface area contributed by atoms with Crippen LogP contribution in [0.25, 0.3) is 33.1 Å². The number of aromatic nitrogens is 6. The number of carboxylic acid groups (broad SMARTS) is 3. The van der Waals surface area contributed by atoms with E-state index in [4.69, 9.17) is 29.5 Å². The van der Waals surface area contributed by atoms with Gasteiger partial charge < -0.3 is 69.4 Å². The highest BCUT2D eigenvalue weighted by atomic mass is 79.9. The van der Waals surface area contributed by atoms with Gasteiger partial charge in [-0.1, -0.05) is 0 Å². The molecule has 33 heteroatoms. The smallest absolute Gasteiger partial charge is 0.322 e. The van der Waals surface area contributed by atoms with Crippen LogP contribution in [-0.2, 0) is 54.8 Å². The van der Waals surface area contributed by atoms with E-state index in [0.717, 1.165) is 22.1 Å². The Balaban J connectivity index is 0.000000201. The number of aryl methyl sites for hydroxylation is 3. The lowest BCUT2D eigenvalue weighted by atomic mass is 10.2. The number of nitrogens with one attached hydrogen (secondary N) is 5. The van der Waals surface area contributed by atoms with Crippen molar-refractivity contribution in [2.75, 3.05) is 44.9 Å². The van der Waals surface area contributed by atoms with Gasteiger partial charge in [-0.05, 0) is 189 Å². The molecule has 95 heavy (non-hydrogen) atoms. The number of halogens is 6. The number of amides is 6. The van der Waals surface area contributed by atoms with Gasteiger partial charge >= 0.3 is 17.9 Å². The van der Waals surface area contributed by atoms with Gasteiger partial charge in [-0.25, -0.2) is 15.0 Å². The average molecular weight is 1690 g/mol. The highest BCUT2D eigenvalue weighted by molar-refractivity contribution is 9.12. The number of likely N-dealkylation sites (N-methyl/N-ethyl adjacent to an activating group) is 1. The quantitative estimate of drug-likeness (QED) is 0.0292. The monoisotopic (exact) mass is 1680 g/mol. The molecule has 0 atom stereocenters. The van der Waals surface area contributed by atoms with E-state index in [1.165, 1.54) is 24.0 Å². The van der Waals surface area contributed by atoms with E-state index in [0.29, 0.717) is 115 Å². The topological polar surface area (TPSA) is 359 Å². The standard InChI is InChI=1S/C22H22Br2N4O5.2C20H18Br2N4O5/c1-4-28-17-9-13(5-6-16(17)26-18(28)10-20(30)27(2)3)33-22-14(23)7-12(8-15(22)24)25-19(29)11-21(31)32;1-3-26-15-8-11(4-5-14(15)25-18(26)20(30)23-2)31-17-12(21)6-10(7-13(17)22)19(29)24-9-16(27)28;1-3-26-16-8-12(4-5-15(16)25-20(26)24-10(2)27)31-18-13(21)6-11(7-14(18)22)19(30)23-9-17(28)29/h5-9H,4,10-11H2,1-3H3,(H,25,29)(H,31,32);4-8H,3,9H2,1-2H3,(H,23,30)(H,24,29)(H,27,28);4-8H,3,9H2,1-2H3,(H,23,30)(H,28,29)(H,24,25,27). The van der Waals surface area contributed by atoms with Crippen LogP contribution in [0.5, 0.6) is 34.5 Å². The van der Waals surface area contributed by atoms with Gasteiger partial charge in [0.25, 0.3) is 17.7 Å². The van der Waals surface area contributed by atoms with Crippen molar-refractivity contribution in [3.63, 3.8) is 0 Å². The molecule has 0 radical (unpaired) electrons. The van der Waals surface area contributed by atoms with Gasteiger partial charge in [0.1, 0.15) is 42.6 Å². The van der Waals surface area contributed by atoms with E-state index >= 15 is 0 Å². The third kappa shape index (κ3) is 19.0. The Hall–Kier alpha value is -8.76. The summed E-state index contributed by atoms with van der Waals surface area (Å²) in [5.74, 6) is -1.23. The van der Waals surface area contributed by atoms with Crippen LogP contribution in [0, 0.1) is 0 Å². The number of aliphatic carboxylic acids is 3. The van der Waals surface area contributed by atoms with Crippen molar-refractivity contribution in [1.29, 1.82) is 0 Å². The SMILES string of the molecule is CCn1c(C(=O)NC)nc2ccc(Oc3c(Br)cc(C(=O)NCC(=O)O)cc3Br)cc21.CCn1c(CC(=O)N(C)C)nc2ccc(Oc3c(Br)cc(NC(=O)CC(=O)O)cc3Br)cc21.CCn1c(NC(C)=O)nc2ccc(Oc3c(Br)cc(C(=O)NCC(=O)O)cc3Br)cc21. The van der Waals surface area contributed by atoms with Gasteiger partial charge in [0.15, 0.2) is 23.1 Å². The zero-order valence-corrected chi connectivity index (χ0v) is 60.8. The minimum absolute atomic E-state index is 0.0279. The molecule has 9 aromatic rings. The molecule has 6 amide bonds. The van der Waals surface area contributed by atoms with Gasteiger partial charge in [0, 0.05) is 82.7 Å². The summed E-state index contributed by atoms with van der Waals surface area (Å²) >= 11 is 20.5. The van der Waals surface area contributed by atoms with Crippen LogP contribution < -0.4 is 40.8 Å². The lowest BCUT2D eigenvalue weighted by Crippen LogP contribution is -2.29. The summed E-state index contributed by atoms with van der Waals surface area (Å²) in [6, 6.07) is 25.5. The number of hydrogen-bond donors (Lipinski definition) is 8. The van der Waals surface area contributed by atoms with Crippen LogP contribution in [-0.4, -0.2) is 136 Å². The predicted molar refractivity (Wildman–Crippen MR) is 373 cm³/mol.